The first-order valence-electron chi connectivity index (χ1n) is 11.7. The van der Waals surface area contributed by atoms with Gasteiger partial charge in [-0.05, 0) is 78.1 Å². The first-order chi connectivity index (χ1) is 14.1. The zero-order chi connectivity index (χ0) is 23.4. The molecule has 0 aliphatic carbocycles. The van der Waals surface area contributed by atoms with E-state index in [1.807, 2.05) is 13.8 Å². The van der Waals surface area contributed by atoms with Crippen LogP contribution in [0.4, 0.5) is 0 Å². The third-order valence-corrected chi connectivity index (χ3v) is 4.75. The summed E-state index contributed by atoms with van der Waals surface area (Å²) < 4.78 is 10.1. The highest BCUT2D eigenvalue weighted by molar-refractivity contribution is 5.69. The Morgan fingerprint density at radius 1 is 0.667 bits per heavy atom. The molecule has 0 aromatic carbocycles. The maximum atomic E-state index is 10.9. The van der Waals surface area contributed by atoms with E-state index in [2.05, 4.69) is 53.7 Å². The number of ether oxygens (including phenoxy) is 2. The van der Waals surface area contributed by atoms with Gasteiger partial charge in [0.25, 0.3) is 0 Å². The lowest BCUT2D eigenvalue weighted by Crippen LogP contribution is -2.07. The Kier molecular flexibility index (Phi) is 21.1. The van der Waals surface area contributed by atoms with E-state index in [0.29, 0.717) is 37.9 Å². The van der Waals surface area contributed by atoms with Crippen LogP contribution in [0.2, 0.25) is 0 Å². The molecule has 0 aliphatic rings. The zero-order valence-electron chi connectivity index (χ0n) is 21.0. The lowest BCUT2D eigenvalue weighted by atomic mass is 10.0. The summed E-state index contributed by atoms with van der Waals surface area (Å²) in [7, 11) is 0. The van der Waals surface area contributed by atoms with Crippen LogP contribution in [0.3, 0.4) is 0 Å². The molecule has 4 nitrogen and oxygen atoms in total. The summed E-state index contributed by atoms with van der Waals surface area (Å²) in [5.74, 6) is 1.08. The minimum atomic E-state index is -0.0912. The van der Waals surface area contributed by atoms with E-state index >= 15 is 0 Å². The first kappa shape index (κ1) is 30.6. The van der Waals surface area contributed by atoms with E-state index < -0.39 is 0 Å². The second kappa shape index (κ2) is 20.7. The molecule has 0 saturated heterocycles. The van der Waals surface area contributed by atoms with Crippen LogP contribution in [0.1, 0.15) is 107 Å². The van der Waals surface area contributed by atoms with Crippen molar-refractivity contribution in [3.63, 3.8) is 0 Å². The van der Waals surface area contributed by atoms with Gasteiger partial charge in [0.2, 0.25) is 0 Å². The van der Waals surface area contributed by atoms with E-state index in [4.69, 9.17) is 9.47 Å². The standard InChI is InChI=1S/2C13H24O2/c2*1-5-13(14)15-10-9-12(4)8-6-7-11(2)3/h2*7,12H,5-6,8-10H2,1-4H3. The van der Waals surface area contributed by atoms with Crippen molar-refractivity contribution >= 4 is 11.9 Å². The van der Waals surface area contributed by atoms with Crippen LogP contribution in [0, 0.1) is 11.8 Å². The number of carbonyl (C=O) groups excluding carboxylic acids is 2. The maximum Gasteiger partial charge on any atom is 0.305 e. The van der Waals surface area contributed by atoms with Gasteiger partial charge in [-0.3, -0.25) is 9.59 Å². The minimum Gasteiger partial charge on any atom is -0.466 e. The van der Waals surface area contributed by atoms with Crippen LogP contribution < -0.4 is 0 Å². The highest BCUT2D eigenvalue weighted by atomic mass is 16.5. The Hall–Kier alpha value is -1.58. The number of allylic oxidation sites excluding steroid dienone is 4. The summed E-state index contributed by atoms with van der Waals surface area (Å²) >= 11 is 0. The van der Waals surface area contributed by atoms with Crippen LogP contribution in [0.5, 0.6) is 0 Å². The molecule has 0 fully saturated rings. The molecule has 0 bridgehead atoms. The third-order valence-electron chi connectivity index (χ3n) is 4.75. The van der Waals surface area contributed by atoms with Crippen LogP contribution in [-0.4, -0.2) is 25.2 Å². The molecule has 0 amide bonds. The van der Waals surface area contributed by atoms with Gasteiger partial charge in [0.1, 0.15) is 0 Å². The van der Waals surface area contributed by atoms with Crippen molar-refractivity contribution in [2.45, 2.75) is 107 Å². The van der Waals surface area contributed by atoms with Gasteiger partial charge in [-0.25, -0.2) is 0 Å². The van der Waals surface area contributed by atoms with Crippen molar-refractivity contribution < 1.29 is 19.1 Å². The van der Waals surface area contributed by atoms with Crippen molar-refractivity contribution in [1.29, 1.82) is 0 Å². The van der Waals surface area contributed by atoms with Crippen LogP contribution in [0.25, 0.3) is 0 Å². The molecule has 2 unspecified atom stereocenters. The average Bonchev–Trinajstić information content (AvgIpc) is 2.67. The highest BCUT2D eigenvalue weighted by Gasteiger charge is 2.04. The first-order valence-corrected chi connectivity index (χ1v) is 11.7. The molecule has 0 heterocycles. The topological polar surface area (TPSA) is 52.6 Å². The fourth-order valence-electron chi connectivity index (χ4n) is 2.55. The molecule has 0 aromatic rings. The smallest absolute Gasteiger partial charge is 0.305 e. The van der Waals surface area contributed by atoms with Gasteiger partial charge in [0.15, 0.2) is 0 Å². The summed E-state index contributed by atoms with van der Waals surface area (Å²) in [4.78, 5) is 21.7. The van der Waals surface area contributed by atoms with Crippen molar-refractivity contribution in [3.8, 4) is 0 Å². The normalized spacial score (nSPS) is 12.0. The van der Waals surface area contributed by atoms with Crippen molar-refractivity contribution in [1.82, 2.24) is 0 Å². The molecule has 0 rings (SSSR count). The lowest BCUT2D eigenvalue weighted by molar-refractivity contribution is -0.144. The number of hydrogen-bond donors (Lipinski definition) is 0. The predicted octanol–water partition coefficient (Wildman–Crippen LogP) is 7.42. The van der Waals surface area contributed by atoms with Crippen LogP contribution >= 0.6 is 0 Å². The summed E-state index contributed by atoms with van der Waals surface area (Å²) in [6.45, 7) is 17.7. The Morgan fingerprint density at radius 3 is 1.27 bits per heavy atom. The second-order valence-electron chi connectivity index (χ2n) is 8.65. The molecule has 0 aromatic heterocycles. The van der Waals surface area contributed by atoms with Gasteiger partial charge in [-0.15, -0.1) is 0 Å². The average molecular weight is 425 g/mol. The minimum absolute atomic E-state index is 0.0912. The van der Waals surface area contributed by atoms with Crippen molar-refractivity contribution in [2.24, 2.45) is 11.8 Å². The van der Waals surface area contributed by atoms with Gasteiger partial charge >= 0.3 is 11.9 Å². The molecular weight excluding hydrogens is 376 g/mol. The van der Waals surface area contributed by atoms with E-state index in [9.17, 15) is 9.59 Å². The van der Waals surface area contributed by atoms with Gasteiger partial charge in [0.05, 0.1) is 13.2 Å². The molecule has 176 valence electrons. The van der Waals surface area contributed by atoms with Crippen LogP contribution in [-0.2, 0) is 19.1 Å². The van der Waals surface area contributed by atoms with E-state index in [1.54, 1.807) is 0 Å². The van der Waals surface area contributed by atoms with E-state index in [1.165, 1.54) is 24.0 Å². The fraction of sp³-hybridized carbons (Fsp3) is 0.769. The maximum absolute atomic E-state index is 10.9. The van der Waals surface area contributed by atoms with Crippen molar-refractivity contribution in [3.05, 3.63) is 23.3 Å². The van der Waals surface area contributed by atoms with Crippen molar-refractivity contribution in [2.75, 3.05) is 13.2 Å². The molecular formula is C26H48O4. The number of hydrogen-bond acceptors (Lipinski definition) is 4. The highest BCUT2D eigenvalue weighted by Crippen LogP contribution is 2.12. The Morgan fingerprint density at radius 2 is 1.00 bits per heavy atom. The van der Waals surface area contributed by atoms with Gasteiger partial charge in [-0.2, -0.15) is 0 Å². The number of esters is 2. The molecule has 0 aliphatic heterocycles. The van der Waals surface area contributed by atoms with E-state index in [-0.39, 0.29) is 11.9 Å². The van der Waals surface area contributed by atoms with E-state index in [0.717, 1.165) is 25.7 Å². The largest absolute Gasteiger partial charge is 0.466 e. The fourth-order valence-corrected chi connectivity index (χ4v) is 2.55. The predicted molar refractivity (Wildman–Crippen MR) is 127 cm³/mol. The molecule has 0 spiro atoms. The Bertz CT molecular complexity index is 451. The SMILES string of the molecule is CCC(=O)OCCC(C)CCC=C(C)C.CCC(=O)OCCC(C)CCC=C(C)C. The molecule has 0 N–H and O–H groups in total. The van der Waals surface area contributed by atoms with Gasteiger partial charge in [0, 0.05) is 12.8 Å². The monoisotopic (exact) mass is 424 g/mol. The third kappa shape index (κ3) is 24.5. The number of rotatable bonds is 14. The summed E-state index contributed by atoms with van der Waals surface area (Å²) in [6.07, 6.45) is 12.0. The second-order valence-corrected chi connectivity index (χ2v) is 8.65. The zero-order valence-corrected chi connectivity index (χ0v) is 21.0. The summed E-state index contributed by atoms with van der Waals surface area (Å²) in [5.41, 5.74) is 2.75. The lowest BCUT2D eigenvalue weighted by Gasteiger charge is -2.10. The summed E-state index contributed by atoms with van der Waals surface area (Å²) in [5, 5.41) is 0. The van der Waals surface area contributed by atoms with Gasteiger partial charge in [-0.1, -0.05) is 51.0 Å². The molecule has 0 radical (unpaired) electrons. The van der Waals surface area contributed by atoms with Gasteiger partial charge < -0.3 is 9.47 Å². The number of carbonyl (C=O) groups is 2. The Balaban J connectivity index is 0. The molecule has 30 heavy (non-hydrogen) atoms. The van der Waals surface area contributed by atoms with Crippen LogP contribution in [0.15, 0.2) is 23.3 Å². The molecule has 2 atom stereocenters. The molecule has 4 heteroatoms. The molecule has 0 saturated carbocycles. The Labute approximate surface area is 186 Å². The summed E-state index contributed by atoms with van der Waals surface area (Å²) in [6, 6.07) is 0. The quantitative estimate of drug-likeness (QED) is 0.215.